The van der Waals surface area contributed by atoms with Gasteiger partial charge in [-0.1, -0.05) is 196 Å². The third-order valence-electron chi connectivity index (χ3n) is 17.7. The van der Waals surface area contributed by atoms with E-state index >= 15 is 28.8 Å². The summed E-state index contributed by atoms with van der Waals surface area (Å²) < 4.78 is 52.3. The topological polar surface area (TPSA) is 296 Å². The number of esters is 6. The normalized spacial score (nSPS) is 13.3. The van der Waals surface area contributed by atoms with Crippen LogP contribution in [-0.4, -0.2) is 60.5 Å². The molecule has 0 N–H and O–H groups in total. The Balaban J connectivity index is 1.17. The molecule has 3 aliphatic carbocycles. The van der Waals surface area contributed by atoms with Crippen molar-refractivity contribution in [1.29, 1.82) is 21.0 Å². The van der Waals surface area contributed by atoms with Gasteiger partial charge in [0.1, 0.15) is 85.4 Å². The lowest BCUT2D eigenvalue weighted by molar-refractivity contribution is -0.167. The van der Waals surface area contributed by atoms with Crippen molar-refractivity contribution < 1.29 is 66.7 Å². The lowest BCUT2D eigenvalue weighted by atomic mass is 9.66. The van der Waals surface area contributed by atoms with E-state index in [4.69, 9.17) is 37.9 Å². The van der Waals surface area contributed by atoms with E-state index in [1.807, 2.05) is 13.8 Å². The fraction of sp³-hybridized carbons (Fsp3) is 0.181. The van der Waals surface area contributed by atoms with Crippen molar-refractivity contribution >= 4 is 126 Å². The van der Waals surface area contributed by atoms with Gasteiger partial charge in [-0.2, -0.15) is 21.0 Å². The van der Waals surface area contributed by atoms with Gasteiger partial charge in [-0.05, 0) is 58.4 Å². The van der Waals surface area contributed by atoms with Gasteiger partial charge in [0.05, 0.1) is 32.7 Å². The second-order valence-corrected chi connectivity index (χ2v) is 28.6. The first-order valence-electron chi connectivity index (χ1n) is 33.6. The fourth-order valence-corrected chi connectivity index (χ4v) is 17.9. The van der Waals surface area contributed by atoms with Crippen LogP contribution in [0.25, 0.3) is 33.1 Å². The Morgan fingerprint density at radius 3 is 0.841 bits per heavy atom. The number of carbonyl (C=O) groups excluding carboxylic acids is 6. The highest BCUT2D eigenvalue weighted by molar-refractivity contribution is 7.24. The van der Waals surface area contributed by atoms with E-state index in [0.29, 0.717) is 46.2 Å². The Hall–Kier alpha value is -12.7. The van der Waals surface area contributed by atoms with Crippen LogP contribution in [0, 0.1) is 45.3 Å². The summed E-state index contributed by atoms with van der Waals surface area (Å²) in [6.07, 6.45) is 3.97. The zero-order chi connectivity index (χ0) is 74.7. The SMILES string of the molecule is CCCOc1cc(N=C(C#N)C#N)sc1C1=Cc2sc3c(c2C1(C(=O)OCc1ccccc1)C(=O)OCc1ccccc1)C(C(=O)OCc1ccccc1)(C(=O)OCc1ccccc1)c1c-3sc2c1C(C(=O)OCc1ccccc1)(C(=O)OCc1ccccc1)C(c1sc(N=C(C#N)C#N)cc1OCCC)=C2. The molecule has 0 unspecified atom stereocenters. The molecule has 6 aromatic carbocycles. The number of carbonyl (C=O) groups is 6. The number of aliphatic imine (C=N–C) groups is 2. The number of rotatable bonds is 28. The van der Waals surface area contributed by atoms with Crippen LogP contribution in [-0.2, 0) is 113 Å². The zero-order valence-electron chi connectivity index (χ0n) is 57.2. The summed E-state index contributed by atoms with van der Waals surface area (Å²) in [5, 5.41) is 40.4. The second kappa shape index (κ2) is 32.1. The van der Waals surface area contributed by atoms with E-state index in [1.54, 1.807) is 218 Å². The van der Waals surface area contributed by atoms with E-state index < -0.39 is 103 Å². The molecule has 0 bridgehead atoms. The molecule has 0 saturated carbocycles. The minimum atomic E-state index is -3.16. The summed E-state index contributed by atoms with van der Waals surface area (Å²) in [5.74, 6) is -7.74. The molecule has 24 heteroatoms. The highest BCUT2D eigenvalue weighted by atomic mass is 32.1. The summed E-state index contributed by atoms with van der Waals surface area (Å²) in [4.78, 5) is 112. The molecule has 0 amide bonds. The number of benzene rings is 6. The van der Waals surface area contributed by atoms with Gasteiger partial charge >= 0.3 is 35.8 Å². The summed E-state index contributed by atoms with van der Waals surface area (Å²) in [6, 6.07) is 61.7. The van der Waals surface area contributed by atoms with E-state index in [9.17, 15) is 21.0 Å². The van der Waals surface area contributed by atoms with Crippen LogP contribution in [0.2, 0.25) is 0 Å². The molecular weight excluding hydrogens is 1430 g/mol. The van der Waals surface area contributed by atoms with Crippen molar-refractivity contribution in [2.75, 3.05) is 13.2 Å². The van der Waals surface area contributed by atoms with Crippen molar-refractivity contribution in [3.05, 3.63) is 269 Å². The quantitative estimate of drug-likeness (QED) is 0.0190. The second-order valence-electron chi connectivity index (χ2n) is 24.4. The molecule has 0 atom stereocenters. The van der Waals surface area contributed by atoms with Crippen molar-refractivity contribution in [3.63, 3.8) is 0 Å². The smallest absolute Gasteiger partial charge is 0.333 e. The van der Waals surface area contributed by atoms with E-state index in [-0.39, 0.29) is 97.4 Å². The summed E-state index contributed by atoms with van der Waals surface area (Å²) in [6.45, 7) is 0.952. The monoisotopic (exact) mass is 1490 g/mol. The van der Waals surface area contributed by atoms with Gasteiger partial charge in [-0.15, -0.1) is 45.3 Å². The minimum absolute atomic E-state index is 0.0392. The molecule has 530 valence electrons. The number of fused-ring (bicyclic) bond motifs is 7. The molecule has 0 aliphatic heterocycles. The molecule has 0 radical (unpaired) electrons. The standard InChI is InChI=1S/C83H60N6O14S4/c1-3-35-96-61-39-65(88-57(41-84)42-85)106-71(61)59-37-63-67(81(59,75(90)98-45-51-23-11-5-12-24-51)76(91)99-46-52-25-13-6-14-26-52)69-73(104-63)74-70(83(69,79(94)102-49-55-31-19-9-20-32-55)80(95)103-50-56-33-21-10-22-34-56)68-64(105-74)38-60(72-62(97-36-4-2)40-66(107-72)89-58(43-86)44-87)82(68,77(92)100-47-53-27-15-7-16-28-53)78(93)101-48-54-29-17-8-18-30-54/h5-34,37-40H,3-4,35-36,45-50H2,1-2H3. The first-order chi connectivity index (χ1) is 52.2. The largest absolute Gasteiger partial charge is 0.492 e. The average Bonchev–Trinajstić information content (AvgIpc) is 1.48. The number of ether oxygens (including phenoxy) is 8. The molecule has 0 saturated heterocycles. The summed E-state index contributed by atoms with van der Waals surface area (Å²) in [5.41, 5.74) is -8.99. The molecule has 0 fully saturated rings. The van der Waals surface area contributed by atoms with Gasteiger partial charge in [0, 0.05) is 55.3 Å². The molecule has 4 heterocycles. The Morgan fingerprint density at radius 1 is 0.346 bits per heavy atom. The molecular formula is C83H60N6O14S4. The lowest BCUT2D eigenvalue weighted by Gasteiger charge is -2.35. The number of hydrogen-bond acceptors (Lipinski definition) is 24. The zero-order valence-corrected chi connectivity index (χ0v) is 60.5. The van der Waals surface area contributed by atoms with Crippen molar-refractivity contribution in [1.82, 2.24) is 0 Å². The van der Waals surface area contributed by atoms with Crippen LogP contribution < -0.4 is 9.47 Å². The molecule has 0 spiro atoms. The molecule has 4 aromatic heterocycles. The highest BCUT2D eigenvalue weighted by Crippen LogP contribution is 2.70. The molecule has 13 rings (SSSR count). The van der Waals surface area contributed by atoms with E-state index in [1.165, 1.54) is 12.1 Å². The molecule has 3 aliphatic rings. The number of thiophene rings is 4. The van der Waals surface area contributed by atoms with Crippen LogP contribution in [0.4, 0.5) is 10.0 Å². The third kappa shape index (κ3) is 13.8. The molecule has 20 nitrogen and oxygen atoms in total. The fourth-order valence-electron chi connectivity index (χ4n) is 12.9. The van der Waals surface area contributed by atoms with Gasteiger partial charge in [0.2, 0.25) is 27.7 Å². The van der Waals surface area contributed by atoms with Crippen molar-refractivity contribution in [2.45, 2.75) is 82.6 Å². The third-order valence-corrected chi connectivity index (χ3v) is 22.2. The average molecular weight is 1490 g/mol. The Labute approximate surface area is 630 Å². The predicted molar refractivity (Wildman–Crippen MR) is 402 cm³/mol. The van der Waals surface area contributed by atoms with Gasteiger partial charge < -0.3 is 37.9 Å². The minimum Gasteiger partial charge on any atom is -0.492 e. The van der Waals surface area contributed by atoms with Crippen LogP contribution in [0.1, 0.15) is 102 Å². The van der Waals surface area contributed by atoms with Crippen LogP contribution in [0.5, 0.6) is 11.5 Å². The summed E-state index contributed by atoms with van der Waals surface area (Å²) >= 11 is 3.63. The van der Waals surface area contributed by atoms with Gasteiger partial charge in [0.15, 0.2) is 0 Å². The van der Waals surface area contributed by atoms with Crippen LogP contribution in [0.15, 0.2) is 204 Å². The molecule has 107 heavy (non-hydrogen) atoms. The molecule has 10 aromatic rings. The van der Waals surface area contributed by atoms with Crippen LogP contribution >= 0.6 is 45.3 Å². The van der Waals surface area contributed by atoms with E-state index in [2.05, 4.69) is 9.98 Å². The van der Waals surface area contributed by atoms with Gasteiger partial charge in [-0.3, -0.25) is 28.8 Å². The number of hydrogen-bond donors (Lipinski definition) is 0. The Morgan fingerprint density at radius 2 is 0.598 bits per heavy atom. The lowest BCUT2D eigenvalue weighted by Crippen LogP contribution is -2.52. The first kappa shape index (κ1) is 72.7. The maximum Gasteiger partial charge on any atom is 0.333 e. The predicted octanol–water partition coefficient (Wildman–Crippen LogP) is 16.1. The van der Waals surface area contributed by atoms with Gasteiger partial charge in [-0.25, -0.2) is 9.98 Å². The van der Waals surface area contributed by atoms with Crippen LogP contribution in [0.3, 0.4) is 0 Å². The van der Waals surface area contributed by atoms with Crippen molar-refractivity contribution in [2.24, 2.45) is 9.98 Å². The highest BCUT2D eigenvalue weighted by Gasteiger charge is 2.72. The van der Waals surface area contributed by atoms with Crippen molar-refractivity contribution in [3.8, 4) is 45.5 Å². The Bertz CT molecular complexity index is 4930. The number of nitriles is 4. The first-order valence-corrected chi connectivity index (χ1v) is 36.9. The summed E-state index contributed by atoms with van der Waals surface area (Å²) in [7, 11) is 0. The van der Waals surface area contributed by atoms with Gasteiger partial charge in [0.25, 0.3) is 0 Å². The maximum atomic E-state index is 17.4. The Kier molecular flexibility index (Phi) is 21.8. The maximum absolute atomic E-state index is 17.4. The van der Waals surface area contributed by atoms with E-state index in [0.717, 1.165) is 45.3 Å². The number of nitrogens with zero attached hydrogens (tertiary/aromatic N) is 6.